The molecule has 31 heavy (non-hydrogen) atoms. The number of hydrogen-bond acceptors (Lipinski definition) is 5. The standard InChI is InChI=1S/C21H21F3N2O4S/c22-21(23,24)30-16-5-3-15(4-6-16)25-9-11-26(12-10-25)31(29)17-7-1-14-2-8-18(20(27)28)19(14)13-17/h1,3-7,13,18H,2,8-12H2,(H,27,28). The molecule has 2 aliphatic rings. The second-order valence-electron chi connectivity index (χ2n) is 7.50. The van der Waals surface area contributed by atoms with Crippen molar-refractivity contribution in [2.24, 2.45) is 0 Å². The smallest absolute Gasteiger partial charge is 0.573 e. The number of halogens is 3. The lowest BCUT2D eigenvalue weighted by atomic mass is 10.0. The minimum Gasteiger partial charge on any atom is -0.593 e. The molecule has 1 saturated heterocycles. The van der Waals surface area contributed by atoms with Gasteiger partial charge in [0.1, 0.15) is 5.75 Å². The van der Waals surface area contributed by atoms with E-state index in [4.69, 9.17) is 0 Å². The van der Waals surface area contributed by atoms with Crippen molar-refractivity contribution in [3.05, 3.63) is 53.6 Å². The molecular formula is C21H21F3N2O4S. The first kappa shape index (κ1) is 21.8. The number of rotatable bonds is 5. The van der Waals surface area contributed by atoms with Gasteiger partial charge in [-0.2, -0.15) is 0 Å². The fourth-order valence-corrected chi connectivity index (χ4v) is 5.27. The van der Waals surface area contributed by atoms with Crippen LogP contribution in [0.25, 0.3) is 0 Å². The molecule has 0 amide bonds. The van der Waals surface area contributed by atoms with Gasteiger partial charge in [0.25, 0.3) is 0 Å². The first-order valence-electron chi connectivity index (χ1n) is 9.84. The molecule has 0 radical (unpaired) electrons. The number of anilines is 1. The van der Waals surface area contributed by atoms with Crippen LogP contribution in [0.1, 0.15) is 23.5 Å². The highest BCUT2D eigenvalue weighted by atomic mass is 32.2. The van der Waals surface area contributed by atoms with Gasteiger partial charge < -0.3 is 19.3 Å². The van der Waals surface area contributed by atoms with Crippen molar-refractivity contribution >= 4 is 23.0 Å². The monoisotopic (exact) mass is 454 g/mol. The summed E-state index contributed by atoms with van der Waals surface area (Å²) in [6.45, 7) is 2.14. The van der Waals surface area contributed by atoms with Gasteiger partial charge >= 0.3 is 12.3 Å². The highest BCUT2D eigenvalue weighted by molar-refractivity contribution is 7.89. The number of hydrogen-bond donors (Lipinski definition) is 1. The van der Waals surface area contributed by atoms with Crippen molar-refractivity contribution in [2.45, 2.75) is 30.0 Å². The molecule has 1 fully saturated rings. The molecule has 2 aromatic rings. The minimum absolute atomic E-state index is 0.271. The van der Waals surface area contributed by atoms with Crippen LogP contribution in [0.4, 0.5) is 18.9 Å². The van der Waals surface area contributed by atoms with Crippen LogP contribution >= 0.6 is 0 Å². The van der Waals surface area contributed by atoms with Crippen molar-refractivity contribution in [2.75, 3.05) is 31.1 Å². The number of benzene rings is 2. The summed E-state index contributed by atoms with van der Waals surface area (Å²) in [5.74, 6) is -1.68. The van der Waals surface area contributed by atoms with Crippen molar-refractivity contribution in [1.82, 2.24) is 4.31 Å². The van der Waals surface area contributed by atoms with Crippen LogP contribution in [0.3, 0.4) is 0 Å². The average molecular weight is 454 g/mol. The molecule has 1 aliphatic heterocycles. The summed E-state index contributed by atoms with van der Waals surface area (Å²) in [7, 11) is 0. The number of fused-ring (bicyclic) bond motifs is 1. The van der Waals surface area contributed by atoms with Crippen LogP contribution < -0.4 is 9.64 Å². The minimum atomic E-state index is -4.72. The van der Waals surface area contributed by atoms with Gasteiger partial charge in [-0.05, 0) is 60.4 Å². The second kappa shape index (κ2) is 8.60. The molecule has 1 heterocycles. The Morgan fingerprint density at radius 3 is 2.39 bits per heavy atom. The van der Waals surface area contributed by atoms with Crippen molar-refractivity contribution in [3.63, 3.8) is 0 Å². The highest BCUT2D eigenvalue weighted by Gasteiger charge is 2.33. The Morgan fingerprint density at radius 2 is 1.77 bits per heavy atom. The van der Waals surface area contributed by atoms with E-state index in [9.17, 15) is 27.6 Å². The molecule has 0 saturated carbocycles. The maximum absolute atomic E-state index is 13.0. The molecule has 10 heteroatoms. The summed E-state index contributed by atoms with van der Waals surface area (Å²) in [6, 6.07) is 11.1. The molecule has 0 spiro atoms. The Hall–Kier alpha value is -2.43. The molecule has 6 nitrogen and oxygen atoms in total. The number of carboxylic acids is 1. The Morgan fingerprint density at radius 1 is 1.10 bits per heavy atom. The third kappa shape index (κ3) is 4.91. The van der Waals surface area contributed by atoms with Gasteiger partial charge in [0, 0.05) is 18.8 Å². The zero-order valence-electron chi connectivity index (χ0n) is 16.5. The van der Waals surface area contributed by atoms with Gasteiger partial charge in [-0.1, -0.05) is 6.07 Å². The summed E-state index contributed by atoms with van der Waals surface area (Å²) in [5, 5.41) is 9.39. The number of aryl methyl sites for hydroxylation is 1. The summed E-state index contributed by atoms with van der Waals surface area (Å²) in [6.07, 6.45) is -3.45. The maximum atomic E-state index is 13.0. The van der Waals surface area contributed by atoms with Crippen molar-refractivity contribution < 1.29 is 32.4 Å². The van der Waals surface area contributed by atoms with Gasteiger partial charge in [-0.25, -0.2) is 0 Å². The lowest BCUT2D eigenvalue weighted by Crippen LogP contribution is -2.48. The van der Waals surface area contributed by atoms with Crippen LogP contribution in [0.15, 0.2) is 47.4 Å². The third-order valence-electron chi connectivity index (χ3n) is 5.60. The van der Waals surface area contributed by atoms with Crippen LogP contribution in [0, 0.1) is 0 Å². The van der Waals surface area contributed by atoms with E-state index in [2.05, 4.69) is 4.74 Å². The largest absolute Gasteiger partial charge is 0.593 e. The Bertz CT molecular complexity index is 947. The number of carbonyl (C=O) groups is 1. The summed E-state index contributed by atoms with van der Waals surface area (Å²) < 4.78 is 55.6. The van der Waals surface area contributed by atoms with Gasteiger partial charge in [0.2, 0.25) is 0 Å². The number of piperazine rings is 1. The molecule has 2 unspecified atom stereocenters. The number of alkyl halides is 3. The molecule has 2 aromatic carbocycles. The SMILES string of the molecule is O=C(O)C1CCc2ccc([S+]([O-])N3CCN(c4ccc(OC(F)(F)F)cc4)CC3)cc21. The van der Waals surface area contributed by atoms with Gasteiger partial charge in [-0.15, -0.1) is 17.5 Å². The Kier molecular flexibility index (Phi) is 6.05. The van der Waals surface area contributed by atoms with Gasteiger partial charge in [0.15, 0.2) is 4.90 Å². The molecule has 1 aliphatic carbocycles. The maximum Gasteiger partial charge on any atom is 0.573 e. The fourth-order valence-electron chi connectivity index (χ4n) is 4.07. The van der Waals surface area contributed by atoms with E-state index in [0.717, 1.165) is 16.8 Å². The normalized spacial score (nSPS) is 20.4. The van der Waals surface area contributed by atoms with E-state index >= 15 is 0 Å². The number of ether oxygens (including phenoxy) is 1. The fraction of sp³-hybridized carbons (Fsp3) is 0.381. The third-order valence-corrected chi connectivity index (χ3v) is 7.09. The van der Waals surface area contributed by atoms with E-state index in [1.54, 1.807) is 24.3 Å². The lowest BCUT2D eigenvalue weighted by Gasteiger charge is -2.35. The lowest BCUT2D eigenvalue weighted by molar-refractivity contribution is -0.274. The first-order chi connectivity index (χ1) is 14.7. The van der Waals surface area contributed by atoms with Crippen LogP contribution in [-0.2, 0) is 22.6 Å². The van der Waals surface area contributed by atoms with Crippen LogP contribution in [0.2, 0.25) is 0 Å². The van der Waals surface area contributed by atoms with Crippen LogP contribution in [-0.4, -0.2) is 52.5 Å². The quantitative estimate of drug-likeness (QED) is 0.697. The number of aliphatic carboxylic acids is 1. The molecule has 2 atom stereocenters. The molecule has 1 N–H and O–H groups in total. The van der Waals surface area contributed by atoms with E-state index in [1.165, 1.54) is 12.1 Å². The van der Waals surface area contributed by atoms with Gasteiger partial charge in [-0.3, -0.25) is 4.79 Å². The molecule has 166 valence electrons. The highest BCUT2D eigenvalue weighted by Crippen LogP contribution is 2.35. The predicted molar refractivity (Wildman–Crippen MR) is 108 cm³/mol. The van der Waals surface area contributed by atoms with Crippen molar-refractivity contribution in [3.8, 4) is 5.75 Å². The molecule has 0 bridgehead atoms. The molecule has 4 rings (SSSR count). The molecular weight excluding hydrogens is 433 g/mol. The van der Waals surface area contributed by atoms with E-state index in [1.807, 2.05) is 15.3 Å². The van der Waals surface area contributed by atoms with E-state index in [-0.39, 0.29) is 5.75 Å². The topological polar surface area (TPSA) is 76.1 Å². The zero-order chi connectivity index (χ0) is 22.2. The van der Waals surface area contributed by atoms with Crippen molar-refractivity contribution in [1.29, 1.82) is 0 Å². The summed E-state index contributed by atoms with van der Waals surface area (Å²) in [5.41, 5.74) is 2.51. The summed E-state index contributed by atoms with van der Waals surface area (Å²) in [4.78, 5) is 14.1. The number of nitrogens with zero attached hydrogens (tertiary/aromatic N) is 2. The average Bonchev–Trinajstić information content (AvgIpc) is 3.16. The summed E-state index contributed by atoms with van der Waals surface area (Å²) >= 11 is -1.41. The van der Waals surface area contributed by atoms with E-state index in [0.29, 0.717) is 43.9 Å². The van der Waals surface area contributed by atoms with Gasteiger partial charge in [0.05, 0.1) is 30.4 Å². The zero-order valence-corrected chi connectivity index (χ0v) is 17.3. The predicted octanol–water partition coefficient (Wildman–Crippen LogP) is 3.54. The second-order valence-corrected chi connectivity index (χ2v) is 8.98. The Labute approximate surface area is 180 Å². The van der Waals surface area contributed by atoms with E-state index < -0.39 is 29.6 Å². The Balaban J connectivity index is 1.38. The number of carboxylic acid groups (broad SMARTS) is 1. The first-order valence-corrected chi connectivity index (χ1v) is 11.0. The van der Waals surface area contributed by atoms with Crippen LogP contribution in [0.5, 0.6) is 5.75 Å². The molecule has 0 aromatic heterocycles.